The van der Waals surface area contributed by atoms with Gasteiger partial charge in [-0.3, -0.25) is 4.79 Å². The number of anilines is 2. The van der Waals surface area contributed by atoms with Crippen molar-refractivity contribution in [1.29, 1.82) is 0 Å². The standard InChI is InChI=1S/C17H17BrN2O/c1-11-4-6-15(18)14(9-11)17(21)20-13-5-7-16-12(10-13)3-2-8-19-16/h4-7,9-10,19H,2-3,8H2,1H3,(H,20,21). The topological polar surface area (TPSA) is 41.1 Å². The van der Waals surface area contributed by atoms with Crippen molar-refractivity contribution in [3.05, 3.63) is 57.6 Å². The van der Waals surface area contributed by atoms with E-state index in [0.29, 0.717) is 5.56 Å². The van der Waals surface area contributed by atoms with E-state index in [0.717, 1.165) is 35.1 Å². The lowest BCUT2D eigenvalue weighted by molar-refractivity contribution is 0.102. The van der Waals surface area contributed by atoms with Gasteiger partial charge < -0.3 is 10.6 Å². The molecule has 0 aliphatic carbocycles. The lowest BCUT2D eigenvalue weighted by atomic mass is 10.0. The zero-order valence-corrected chi connectivity index (χ0v) is 13.5. The maximum absolute atomic E-state index is 12.4. The zero-order valence-electron chi connectivity index (χ0n) is 11.9. The van der Waals surface area contributed by atoms with Gasteiger partial charge in [-0.05, 0) is 71.6 Å². The smallest absolute Gasteiger partial charge is 0.256 e. The molecule has 1 heterocycles. The minimum Gasteiger partial charge on any atom is -0.385 e. The van der Waals surface area contributed by atoms with Gasteiger partial charge in [0.2, 0.25) is 0 Å². The first kappa shape index (κ1) is 14.1. The molecule has 21 heavy (non-hydrogen) atoms. The molecule has 0 spiro atoms. The number of carbonyl (C=O) groups excluding carboxylic acids is 1. The molecule has 0 saturated carbocycles. The van der Waals surface area contributed by atoms with Gasteiger partial charge in [0.05, 0.1) is 5.56 Å². The molecule has 1 amide bonds. The Balaban J connectivity index is 1.83. The largest absolute Gasteiger partial charge is 0.385 e. The summed E-state index contributed by atoms with van der Waals surface area (Å²) in [4.78, 5) is 12.4. The van der Waals surface area contributed by atoms with Gasteiger partial charge in [-0.2, -0.15) is 0 Å². The second kappa shape index (κ2) is 5.90. The van der Waals surface area contributed by atoms with Crippen LogP contribution in [0.15, 0.2) is 40.9 Å². The van der Waals surface area contributed by atoms with Crippen molar-refractivity contribution >= 4 is 33.2 Å². The van der Waals surface area contributed by atoms with Crippen LogP contribution in [0.5, 0.6) is 0 Å². The van der Waals surface area contributed by atoms with Crippen molar-refractivity contribution in [2.45, 2.75) is 19.8 Å². The minimum absolute atomic E-state index is 0.0886. The van der Waals surface area contributed by atoms with Gasteiger partial charge in [0.25, 0.3) is 5.91 Å². The maximum Gasteiger partial charge on any atom is 0.256 e. The molecule has 0 atom stereocenters. The van der Waals surface area contributed by atoms with Crippen molar-refractivity contribution in [2.24, 2.45) is 0 Å². The van der Waals surface area contributed by atoms with Crippen molar-refractivity contribution < 1.29 is 4.79 Å². The van der Waals surface area contributed by atoms with E-state index in [4.69, 9.17) is 0 Å². The molecular weight excluding hydrogens is 328 g/mol. The highest BCUT2D eigenvalue weighted by Crippen LogP contribution is 2.26. The number of carbonyl (C=O) groups is 1. The Hall–Kier alpha value is -1.81. The quantitative estimate of drug-likeness (QED) is 0.849. The number of fused-ring (bicyclic) bond motifs is 1. The van der Waals surface area contributed by atoms with Crippen LogP contribution < -0.4 is 10.6 Å². The first-order chi connectivity index (χ1) is 10.1. The van der Waals surface area contributed by atoms with E-state index in [1.54, 1.807) is 0 Å². The number of aryl methyl sites for hydroxylation is 2. The van der Waals surface area contributed by atoms with E-state index in [9.17, 15) is 4.79 Å². The van der Waals surface area contributed by atoms with Gasteiger partial charge >= 0.3 is 0 Å². The van der Waals surface area contributed by atoms with Crippen LogP contribution in [0.1, 0.15) is 27.9 Å². The Bertz CT molecular complexity index is 697. The Labute approximate surface area is 132 Å². The second-order valence-corrected chi connectivity index (χ2v) is 6.19. The third-order valence-corrected chi connectivity index (χ3v) is 4.36. The predicted molar refractivity (Wildman–Crippen MR) is 90.1 cm³/mol. The van der Waals surface area contributed by atoms with Crippen LogP contribution in [0.3, 0.4) is 0 Å². The fourth-order valence-corrected chi connectivity index (χ4v) is 2.99. The molecule has 2 aromatic rings. The van der Waals surface area contributed by atoms with E-state index < -0.39 is 0 Å². The number of rotatable bonds is 2. The zero-order chi connectivity index (χ0) is 14.8. The van der Waals surface area contributed by atoms with Crippen LogP contribution in [0, 0.1) is 6.92 Å². The summed E-state index contributed by atoms with van der Waals surface area (Å²) >= 11 is 3.43. The molecule has 0 bridgehead atoms. The highest BCUT2D eigenvalue weighted by atomic mass is 79.9. The van der Waals surface area contributed by atoms with Gasteiger partial charge in [-0.15, -0.1) is 0 Å². The third-order valence-electron chi connectivity index (χ3n) is 3.67. The molecule has 0 radical (unpaired) electrons. The fraction of sp³-hybridized carbons (Fsp3) is 0.235. The van der Waals surface area contributed by atoms with Crippen LogP contribution >= 0.6 is 15.9 Å². The molecule has 4 heteroatoms. The molecule has 1 aliphatic rings. The summed E-state index contributed by atoms with van der Waals surface area (Å²) in [6, 6.07) is 11.8. The van der Waals surface area contributed by atoms with Crippen LogP contribution in [-0.4, -0.2) is 12.5 Å². The van der Waals surface area contributed by atoms with Gasteiger partial charge in [-0.25, -0.2) is 0 Å². The van der Waals surface area contributed by atoms with Crippen molar-refractivity contribution in [3.63, 3.8) is 0 Å². The Kier molecular flexibility index (Phi) is 3.97. The van der Waals surface area contributed by atoms with Crippen LogP contribution in [0.2, 0.25) is 0 Å². The van der Waals surface area contributed by atoms with E-state index >= 15 is 0 Å². The lowest BCUT2D eigenvalue weighted by Crippen LogP contribution is -2.15. The molecule has 108 valence electrons. The van der Waals surface area contributed by atoms with E-state index in [1.165, 1.54) is 11.3 Å². The average Bonchev–Trinajstić information content (AvgIpc) is 2.49. The fourth-order valence-electron chi connectivity index (χ4n) is 2.56. The Morgan fingerprint density at radius 1 is 1.24 bits per heavy atom. The number of halogens is 1. The SMILES string of the molecule is Cc1ccc(Br)c(C(=O)Nc2ccc3c(c2)CCCN3)c1. The molecule has 1 aliphatic heterocycles. The van der Waals surface area contributed by atoms with Crippen LogP contribution in [0.25, 0.3) is 0 Å². The van der Waals surface area contributed by atoms with E-state index in [1.807, 2.05) is 37.3 Å². The van der Waals surface area contributed by atoms with Gasteiger partial charge in [0, 0.05) is 22.4 Å². The summed E-state index contributed by atoms with van der Waals surface area (Å²) in [5.41, 5.74) is 5.01. The molecule has 2 N–H and O–H groups in total. The predicted octanol–water partition coefficient (Wildman–Crippen LogP) is 4.37. The summed E-state index contributed by atoms with van der Waals surface area (Å²) in [6.45, 7) is 3.00. The number of amides is 1. The molecule has 0 fully saturated rings. The summed E-state index contributed by atoms with van der Waals surface area (Å²) in [7, 11) is 0. The first-order valence-corrected chi connectivity index (χ1v) is 7.87. The van der Waals surface area contributed by atoms with Gasteiger partial charge in [-0.1, -0.05) is 11.6 Å². The van der Waals surface area contributed by atoms with Gasteiger partial charge in [0.1, 0.15) is 0 Å². The van der Waals surface area contributed by atoms with Crippen LogP contribution in [0.4, 0.5) is 11.4 Å². The number of benzene rings is 2. The molecular formula is C17H17BrN2O. The van der Waals surface area contributed by atoms with E-state index in [2.05, 4.69) is 32.6 Å². The molecule has 0 unspecified atom stereocenters. The Morgan fingerprint density at radius 2 is 2.10 bits per heavy atom. The highest BCUT2D eigenvalue weighted by molar-refractivity contribution is 9.10. The molecule has 3 rings (SSSR count). The summed E-state index contributed by atoms with van der Waals surface area (Å²) in [5, 5.41) is 6.35. The lowest BCUT2D eigenvalue weighted by Gasteiger charge is -2.19. The summed E-state index contributed by atoms with van der Waals surface area (Å²) < 4.78 is 0.810. The number of hydrogen-bond donors (Lipinski definition) is 2. The van der Waals surface area contributed by atoms with Crippen molar-refractivity contribution in [3.8, 4) is 0 Å². The van der Waals surface area contributed by atoms with E-state index in [-0.39, 0.29) is 5.91 Å². The van der Waals surface area contributed by atoms with Crippen molar-refractivity contribution in [2.75, 3.05) is 17.2 Å². The third kappa shape index (κ3) is 3.10. The van der Waals surface area contributed by atoms with Gasteiger partial charge in [0.15, 0.2) is 0 Å². The molecule has 0 aromatic heterocycles. The number of nitrogens with one attached hydrogen (secondary N) is 2. The summed E-state index contributed by atoms with van der Waals surface area (Å²) in [5.74, 6) is -0.0886. The first-order valence-electron chi connectivity index (χ1n) is 7.08. The molecule has 2 aromatic carbocycles. The second-order valence-electron chi connectivity index (χ2n) is 5.34. The summed E-state index contributed by atoms with van der Waals surface area (Å²) in [6.07, 6.45) is 2.19. The maximum atomic E-state index is 12.4. The number of hydrogen-bond acceptors (Lipinski definition) is 2. The average molecular weight is 345 g/mol. The Morgan fingerprint density at radius 3 is 2.95 bits per heavy atom. The normalized spacial score (nSPS) is 13.2. The molecule has 0 saturated heterocycles. The minimum atomic E-state index is -0.0886. The highest BCUT2D eigenvalue weighted by Gasteiger charge is 2.13. The molecule has 3 nitrogen and oxygen atoms in total. The van der Waals surface area contributed by atoms with Crippen molar-refractivity contribution in [1.82, 2.24) is 0 Å². The van der Waals surface area contributed by atoms with Crippen LogP contribution in [-0.2, 0) is 6.42 Å². The monoisotopic (exact) mass is 344 g/mol.